The number of carbonyl (C=O) groups is 1. The first-order valence-electron chi connectivity index (χ1n) is 7.14. The van der Waals surface area contributed by atoms with Gasteiger partial charge < -0.3 is 14.6 Å². The molecule has 0 bridgehead atoms. The van der Waals surface area contributed by atoms with E-state index in [1.54, 1.807) is 13.3 Å². The van der Waals surface area contributed by atoms with E-state index < -0.39 is 10.2 Å². The molecule has 0 radical (unpaired) electrons. The van der Waals surface area contributed by atoms with Gasteiger partial charge in [-0.1, -0.05) is 11.8 Å². The topological polar surface area (TPSA) is 112 Å². The largest absolute Gasteiger partial charge is 0.495 e. The summed E-state index contributed by atoms with van der Waals surface area (Å²) in [6, 6.07) is 4.03. The van der Waals surface area contributed by atoms with E-state index >= 15 is 0 Å². The number of rotatable bonds is 7. The molecular formula is C14H17N5O4S. The fraction of sp³-hybridized carbons (Fsp3) is 0.357. The third-order valence-electron chi connectivity index (χ3n) is 3.22. The van der Waals surface area contributed by atoms with Crippen LogP contribution in [-0.2, 0) is 11.3 Å². The zero-order chi connectivity index (χ0) is 17.7. The highest BCUT2D eigenvalue weighted by Gasteiger charge is 2.20. The van der Waals surface area contributed by atoms with Gasteiger partial charge in [-0.25, -0.2) is 0 Å². The minimum absolute atomic E-state index is 0.128. The van der Waals surface area contributed by atoms with Crippen molar-refractivity contribution < 1.29 is 14.5 Å². The van der Waals surface area contributed by atoms with Gasteiger partial charge in [-0.2, -0.15) is 0 Å². The zero-order valence-corrected chi connectivity index (χ0v) is 14.2. The number of aromatic nitrogens is 3. The Labute approximate surface area is 142 Å². The minimum Gasteiger partial charge on any atom is -0.495 e. The number of methoxy groups -OCH3 is 1. The van der Waals surface area contributed by atoms with E-state index in [0.717, 1.165) is 0 Å². The number of non-ortho nitro benzene ring substituents is 1. The molecule has 1 heterocycles. The average molecular weight is 351 g/mol. The first kappa shape index (κ1) is 17.7. The molecule has 0 saturated carbocycles. The molecule has 1 N–H and O–H groups in total. The summed E-state index contributed by atoms with van der Waals surface area (Å²) in [4.78, 5) is 22.7. The second-order valence-corrected chi connectivity index (χ2v) is 6.10. The Morgan fingerprint density at radius 3 is 2.92 bits per heavy atom. The van der Waals surface area contributed by atoms with Crippen LogP contribution in [0, 0.1) is 10.1 Å². The van der Waals surface area contributed by atoms with Gasteiger partial charge in [-0.05, 0) is 19.9 Å². The van der Waals surface area contributed by atoms with E-state index in [-0.39, 0.29) is 17.3 Å². The maximum absolute atomic E-state index is 12.4. The van der Waals surface area contributed by atoms with Gasteiger partial charge in [0.05, 0.1) is 23.0 Å². The van der Waals surface area contributed by atoms with Crippen molar-refractivity contribution in [2.45, 2.75) is 30.8 Å². The van der Waals surface area contributed by atoms with Gasteiger partial charge in [0, 0.05) is 18.7 Å². The van der Waals surface area contributed by atoms with Crippen molar-refractivity contribution in [1.82, 2.24) is 14.8 Å². The molecule has 128 valence electrons. The number of nitro groups is 1. The van der Waals surface area contributed by atoms with E-state index in [9.17, 15) is 14.9 Å². The number of thioether (sulfide) groups is 1. The minimum atomic E-state index is -0.531. The van der Waals surface area contributed by atoms with Crippen LogP contribution in [0.3, 0.4) is 0 Å². The predicted octanol–water partition coefficient (Wildman–Crippen LogP) is 2.33. The summed E-state index contributed by atoms with van der Waals surface area (Å²) in [5.74, 6) is 0.0346. The van der Waals surface area contributed by atoms with Crippen molar-refractivity contribution in [3.8, 4) is 5.75 Å². The van der Waals surface area contributed by atoms with Gasteiger partial charge in [0.15, 0.2) is 5.16 Å². The van der Waals surface area contributed by atoms with Crippen molar-refractivity contribution in [2.75, 3.05) is 12.4 Å². The highest BCUT2D eigenvalue weighted by atomic mass is 32.2. The molecule has 2 aromatic rings. The first-order valence-corrected chi connectivity index (χ1v) is 8.02. The van der Waals surface area contributed by atoms with Crippen molar-refractivity contribution in [3.63, 3.8) is 0 Å². The molecule has 0 aliphatic rings. The molecule has 10 heteroatoms. The number of hydrogen-bond donors (Lipinski definition) is 1. The maximum Gasteiger partial charge on any atom is 0.271 e. The predicted molar refractivity (Wildman–Crippen MR) is 89.3 cm³/mol. The summed E-state index contributed by atoms with van der Waals surface area (Å²) in [7, 11) is 1.43. The third kappa shape index (κ3) is 4.02. The molecule has 9 nitrogen and oxygen atoms in total. The molecule has 0 saturated heterocycles. The van der Waals surface area contributed by atoms with E-state index in [1.165, 1.54) is 37.1 Å². The van der Waals surface area contributed by atoms with Gasteiger partial charge in [-0.15, -0.1) is 10.2 Å². The van der Waals surface area contributed by atoms with E-state index in [4.69, 9.17) is 4.74 Å². The van der Waals surface area contributed by atoms with Crippen LogP contribution in [0.1, 0.15) is 13.8 Å². The fourth-order valence-corrected chi connectivity index (χ4v) is 2.79. The molecule has 1 aromatic heterocycles. The fourth-order valence-electron chi connectivity index (χ4n) is 1.91. The van der Waals surface area contributed by atoms with Crippen molar-refractivity contribution in [2.24, 2.45) is 0 Å². The Bertz CT molecular complexity index is 749. The van der Waals surface area contributed by atoms with Crippen LogP contribution >= 0.6 is 11.8 Å². The number of aryl methyl sites for hydroxylation is 1. The summed E-state index contributed by atoms with van der Waals surface area (Å²) in [5.41, 5.74) is 0.123. The molecular weight excluding hydrogens is 334 g/mol. The molecule has 1 atom stereocenters. The van der Waals surface area contributed by atoms with E-state index in [0.29, 0.717) is 17.5 Å². The second kappa shape index (κ2) is 7.77. The molecule has 2 rings (SSSR count). The van der Waals surface area contributed by atoms with Crippen LogP contribution in [0.2, 0.25) is 0 Å². The number of anilines is 1. The van der Waals surface area contributed by atoms with Crippen LogP contribution in [0.4, 0.5) is 11.4 Å². The number of benzene rings is 1. The zero-order valence-electron chi connectivity index (χ0n) is 13.4. The molecule has 0 aliphatic carbocycles. The van der Waals surface area contributed by atoms with Gasteiger partial charge in [0.25, 0.3) is 5.69 Å². The Morgan fingerprint density at radius 1 is 1.54 bits per heavy atom. The lowest BCUT2D eigenvalue weighted by Gasteiger charge is -2.14. The van der Waals surface area contributed by atoms with Crippen LogP contribution < -0.4 is 10.1 Å². The Balaban J connectivity index is 2.13. The third-order valence-corrected chi connectivity index (χ3v) is 4.32. The first-order chi connectivity index (χ1) is 11.5. The van der Waals surface area contributed by atoms with Gasteiger partial charge in [0.2, 0.25) is 5.91 Å². The lowest BCUT2D eigenvalue weighted by molar-refractivity contribution is -0.384. The lowest BCUT2D eigenvalue weighted by Crippen LogP contribution is -2.23. The van der Waals surface area contributed by atoms with Crippen LogP contribution in [0.5, 0.6) is 5.75 Å². The summed E-state index contributed by atoms with van der Waals surface area (Å²) in [6.45, 7) is 4.37. The maximum atomic E-state index is 12.4. The summed E-state index contributed by atoms with van der Waals surface area (Å²) in [6.07, 6.45) is 1.59. The SMILES string of the molecule is CCn1cnnc1S[C@H](C)C(=O)Nc1cc([N+](=O)[O-])ccc1OC. The molecule has 0 fully saturated rings. The van der Waals surface area contributed by atoms with Crippen LogP contribution in [0.25, 0.3) is 0 Å². The van der Waals surface area contributed by atoms with E-state index in [1.807, 2.05) is 11.5 Å². The smallest absolute Gasteiger partial charge is 0.271 e. The van der Waals surface area contributed by atoms with Crippen LogP contribution in [0.15, 0.2) is 29.7 Å². The number of nitrogens with zero attached hydrogens (tertiary/aromatic N) is 4. The summed E-state index contributed by atoms with van der Waals surface area (Å²) >= 11 is 1.26. The van der Waals surface area contributed by atoms with Crippen molar-refractivity contribution in [3.05, 3.63) is 34.6 Å². The van der Waals surface area contributed by atoms with Crippen molar-refractivity contribution in [1.29, 1.82) is 0 Å². The van der Waals surface area contributed by atoms with Crippen LogP contribution in [-0.4, -0.2) is 38.0 Å². The highest BCUT2D eigenvalue weighted by molar-refractivity contribution is 8.00. The molecule has 1 aromatic carbocycles. The molecule has 24 heavy (non-hydrogen) atoms. The number of hydrogen-bond acceptors (Lipinski definition) is 7. The van der Waals surface area contributed by atoms with Gasteiger partial charge in [0.1, 0.15) is 12.1 Å². The second-order valence-electron chi connectivity index (χ2n) is 4.79. The lowest BCUT2D eigenvalue weighted by atomic mass is 10.2. The monoisotopic (exact) mass is 351 g/mol. The molecule has 1 amide bonds. The number of nitrogens with one attached hydrogen (secondary N) is 1. The number of ether oxygens (including phenoxy) is 1. The molecule has 0 spiro atoms. The number of carbonyl (C=O) groups excluding carboxylic acids is 1. The summed E-state index contributed by atoms with van der Waals surface area (Å²) in [5, 5.41) is 21.5. The number of nitro benzene ring substituents is 1. The van der Waals surface area contributed by atoms with E-state index in [2.05, 4.69) is 15.5 Å². The van der Waals surface area contributed by atoms with Crippen molar-refractivity contribution >= 4 is 29.0 Å². The Kier molecular flexibility index (Phi) is 5.74. The Morgan fingerprint density at radius 2 is 2.29 bits per heavy atom. The quantitative estimate of drug-likeness (QED) is 0.463. The normalized spacial score (nSPS) is 11.8. The van der Waals surface area contributed by atoms with Gasteiger partial charge in [-0.3, -0.25) is 14.9 Å². The Hall–Kier alpha value is -2.62. The highest BCUT2D eigenvalue weighted by Crippen LogP contribution is 2.30. The molecule has 0 unspecified atom stereocenters. The molecule has 0 aliphatic heterocycles. The standard InChI is InChI=1S/C14H17N5O4S/c1-4-18-8-15-17-14(18)24-9(2)13(20)16-11-7-10(19(21)22)5-6-12(11)23-3/h5-9H,4H2,1-3H3,(H,16,20)/t9-/m1/s1. The summed E-state index contributed by atoms with van der Waals surface area (Å²) < 4.78 is 6.95. The van der Waals surface area contributed by atoms with Gasteiger partial charge >= 0.3 is 0 Å². The average Bonchev–Trinajstić information content (AvgIpc) is 3.01. The number of amides is 1.